The molecule has 0 bridgehead atoms. The molecule has 12 heteroatoms. The van der Waals surface area contributed by atoms with Crippen LogP contribution in [0.3, 0.4) is 0 Å². The van der Waals surface area contributed by atoms with Crippen molar-refractivity contribution in [3.8, 4) is 11.3 Å². The molecule has 0 radical (unpaired) electrons. The van der Waals surface area contributed by atoms with Crippen LogP contribution in [0.1, 0.15) is 12.5 Å². The quantitative estimate of drug-likeness (QED) is 0.232. The molecule has 0 aliphatic heterocycles. The molecule has 1 aromatic carbocycles. The molecule has 2 heterocycles. The van der Waals surface area contributed by atoms with E-state index in [-0.39, 0.29) is 11.4 Å². The molecule has 3 rings (SSSR count). The zero-order chi connectivity index (χ0) is 24.3. The van der Waals surface area contributed by atoms with E-state index in [1.807, 2.05) is 0 Å². The molecule has 2 unspecified atom stereocenters. The summed E-state index contributed by atoms with van der Waals surface area (Å²) in [5, 5.41) is 40.7. The Morgan fingerprint density at radius 1 is 1.15 bits per heavy atom. The summed E-state index contributed by atoms with van der Waals surface area (Å²) in [7, 11) is 0. The van der Waals surface area contributed by atoms with Gasteiger partial charge >= 0.3 is 11.8 Å². The number of hydrogen-bond acceptors (Lipinski definition) is 9. The summed E-state index contributed by atoms with van der Waals surface area (Å²) in [6.07, 6.45) is -7.73. The Labute approximate surface area is 184 Å². The van der Waals surface area contributed by atoms with Gasteiger partial charge in [-0.05, 0) is 31.2 Å². The maximum Gasteiger partial charge on any atom is 0.418 e. The van der Waals surface area contributed by atoms with Crippen LogP contribution < -0.4 is 10.9 Å². The Morgan fingerprint density at radius 3 is 2.42 bits per heavy atom. The van der Waals surface area contributed by atoms with Crippen LogP contribution in [0.4, 0.5) is 18.9 Å². The number of halogens is 3. The fourth-order valence-corrected chi connectivity index (χ4v) is 3.23. The summed E-state index contributed by atoms with van der Waals surface area (Å²) in [6, 6.07) is 4.77. The maximum absolute atomic E-state index is 13.9. The molecule has 0 saturated carbocycles. The second-order valence-corrected chi connectivity index (χ2v) is 7.25. The molecule has 0 fully saturated rings. The lowest BCUT2D eigenvalue weighted by Crippen LogP contribution is -2.44. The van der Waals surface area contributed by atoms with Crippen LogP contribution >= 0.6 is 0 Å². The molecule has 0 amide bonds. The molecule has 3 aromatic rings. The molecular weight excluding hydrogens is 451 g/mol. The lowest BCUT2D eigenvalue weighted by Gasteiger charge is -2.28. The number of anilines is 1. The molecule has 9 nitrogen and oxygen atoms in total. The van der Waals surface area contributed by atoms with Gasteiger partial charge in [0.15, 0.2) is 6.29 Å². The molecule has 0 aliphatic carbocycles. The maximum atomic E-state index is 13.9. The van der Waals surface area contributed by atoms with Gasteiger partial charge in [-0.1, -0.05) is 0 Å². The highest BCUT2D eigenvalue weighted by atomic mass is 19.4. The van der Waals surface area contributed by atoms with Crippen LogP contribution in [0.2, 0.25) is 0 Å². The van der Waals surface area contributed by atoms with E-state index in [1.165, 1.54) is 25.1 Å². The van der Waals surface area contributed by atoms with Crippen LogP contribution in [0.5, 0.6) is 0 Å². The van der Waals surface area contributed by atoms with Gasteiger partial charge < -0.3 is 39.3 Å². The predicted molar refractivity (Wildman–Crippen MR) is 109 cm³/mol. The predicted octanol–water partition coefficient (Wildman–Crippen LogP) is 1.92. The van der Waals surface area contributed by atoms with E-state index in [0.717, 1.165) is 18.4 Å². The summed E-state index contributed by atoms with van der Waals surface area (Å²) < 4.78 is 56.8. The molecule has 4 atom stereocenters. The summed E-state index contributed by atoms with van der Waals surface area (Å²) in [5.41, 5.74) is -3.53. The standard InChI is InChI=1S/C21H22F3NO8/c1-10(28)16(9-27)33-19(29)13(8-26)25-11-4-5-12-15(7-11)32-20(30)17(14-3-2-6-31-14)18(12)21(22,23)24/h2-7,10,13,16,19,25-29H,8-9H2,1H3/t10-,13-,16?,19?/m1/s1. The van der Waals surface area contributed by atoms with Crippen molar-refractivity contribution in [2.24, 2.45) is 0 Å². The first-order chi connectivity index (χ1) is 15.6. The molecule has 180 valence electrons. The second-order valence-electron chi connectivity index (χ2n) is 7.25. The fraction of sp³-hybridized carbons (Fsp3) is 0.381. The molecule has 0 saturated heterocycles. The van der Waals surface area contributed by atoms with E-state index < -0.39 is 71.7 Å². The van der Waals surface area contributed by atoms with E-state index in [0.29, 0.717) is 0 Å². The van der Waals surface area contributed by atoms with Gasteiger partial charge in [0, 0.05) is 17.1 Å². The molecule has 2 aromatic heterocycles. The molecule has 0 spiro atoms. The fourth-order valence-electron chi connectivity index (χ4n) is 3.23. The number of ether oxygens (including phenoxy) is 1. The number of rotatable bonds is 9. The first kappa shape index (κ1) is 24.7. The summed E-state index contributed by atoms with van der Waals surface area (Å²) in [5.74, 6) is -0.294. The number of nitrogens with one attached hydrogen (secondary N) is 1. The van der Waals surface area contributed by atoms with Gasteiger partial charge in [0.05, 0.1) is 31.1 Å². The van der Waals surface area contributed by atoms with Gasteiger partial charge in [0.2, 0.25) is 0 Å². The van der Waals surface area contributed by atoms with E-state index in [1.54, 1.807) is 0 Å². The highest BCUT2D eigenvalue weighted by molar-refractivity contribution is 5.88. The lowest BCUT2D eigenvalue weighted by molar-refractivity contribution is -0.182. The second kappa shape index (κ2) is 9.93. The van der Waals surface area contributed by atoms with Crippen molar-refractivity contribution >= 4 is 16.7 Å². The van der Waals surface area contributed by atoms with Crippen molar-refractivity contribution in [3.05, 3.63) is 52.6 Å². The minimum Gasteiger partial charge on any atom is -0.464 e. The van der Waals surface area contributed by atoms with Crippen LogP contribution in [-0.4, -0.2) is 58.2 Å². The van der Waals surface area contributed by atoms with Crippen LogP contribution in [0, 0.1) is 0 Å². The van der Waals surface area contributed by atoms with Crippen molar-refractivity contribution in [2.45, 2.75) is 37.6 Å². The third-order valence-electron chi connectivity index (χ3n) is 4.88. The van der Waals surface area contributed by atoms with Gasteiger partial charge in [-0.15, -0.1) is 0 Å². The number of alkyl halides is 3. The Bertz CT molecular complexity index is 1130. The van der Waals surface area contributed by atoms with Crippen molar-refractivity contribution in [2.75, 3.05) is 18.5 Å². The van der Waals surface area contributed by atoms with E-state index in [4.69, 9.17) is 13.6 Å². The van der Waals surface area contributed by atoms with Gasteiger partial charge in [-0.3, -0.25) is 0 Å². The number of hydrogen-bond donors (Lipinski definition) is 5. The first-order valence-corrected chi connectivity index (χ1v) is 9.78. The number of furan rings is 1. The van der Waals surface area contributed by atoms with Crippen LogP contribution in [-0.2, 0) is 10.9 Å². The SMILES string of the molecule is C[C@@H](O)C(CO)OC(O)[C@@H](CO)Nc1ccc2c(C(F)(F)F)c(-c3ccco3)c(=O)oc2c1. The monoisotopic (exact) mass is 473 g/mol. The number of fused-ring (bicyclic) bond motifs is 1. The molecular formula is C21H22F3NO8. The zero-order valence-electron chi connectivity index (χ0n) is 17.2. The minimum absolute atomic E-state index is 0.101. The van der Waals surface area contributed by atoms with Crippen molar-refractivity contribution in [1.29, 1.82) is 0 Å². The smallest absolute Gasteiger partial charge is 0.418 e. The Morgan fingerprint density at radius 2 is 1.88 bits per heavy atom. The van der Waals surface area contributed by atoms with Gasteiger partial charge in [0.1, 0.15) is 29.1 Å². The minimum atomic E-state index is -4.90. The third-order valence-corrected chi connectivity index (χ3v) is 4.88. The summed E-state index contributed by atoms with van der Waals surface area (Å²) in [6.45, 7) is 0.0497. The van der Waals surface area contributed by atoms with E-state index >= 15 is 0 Å². The molecule has 5 N–H and O–H groups in total. The summed E-state index contributed by atoms with van der Waals surface area (Å²) >= 11 is 0. The molecule has 33 heavy (non-hydrogen) atoms. The van der Waals surface area contributed by atoms with Gasteiger partial charge in [0.25, 0.3) is 0 Å². The highest BCUT2D eigenvalue weighted by Crippen LogP contribution is 2.40. The Kier molecular flexibility index (Phi) is 7.44. The van der Waals surface area contributed by atoms with Gasteiger partial charge in [-0.25, -0.2) is 4.79 Å². The van der Waals surface area contributed by atoms with Crippen LogP contribution in [0.25, 0.3) is 22.3 Å². The first-order valence-electron chi connectivity index (χ1n) is 9.78. The van der Waals surface area contributed by atoms with Crippen molar-refractivity contribution in [1.82, 2.24) is 0 Å². The third kappa shape index (κ3) is 5.37. The largest absolute Gasteiger partial charge is 0.464 e. The average Bonchev–Trinajstić information content (AvgIpc) is 3.27. The van der Waals surface area contributed by atoms with Crippen molar-refractivity contribution < 1.29 is 47.2 Å². The summed E-state index contributed by atoms with van der Waals surface area (Å²) in [4.78, 5) is 12.4. The average molecular weight is 473 g/mol. The topological polar surface area (TPSA) is 146 Å². The molecule has 0 aliphatic rings. The Hall–Kier alpha value is -2.90. The number of benzene rings is 1. The van der Waals surface area contributed by atoms with E-state index in [2.05, 4.69) is 5.32 Å². The van der Waals surface area contributed by atoms with Gasteiger partial charge in [-0.2, -0.15) is 13.2 Å². The number of aliphatic hydroxyl groups excluding tert-OH is 4. The highest BCUT2D eigenvalue weighted by Gasteiger charge is 2.39. The Balaban J connectivity index is 1.99. The normalized spacial score (nSPS) is 15.9. The zero-order valence-corrected chi connectivity index (χ0v) is 17.2. The number of aliphatic hydroxyl groups is 4. The van der Waals surface area contributed by atoms with E-state index in [9.17, 15) is 38.4 Å². The lowest BCUT2D eigenvalue weighted by atomic mass is 10.0. The van der Waals surface area contributed by atoms with Crippen molar-refractivity contribution in [3.63, 3.8) is 0 Å². The van der Waals surface area contributed by atoms with Crippen LogP contribution in [0.15, 0.2) is 50.2 Å².